The predicted molar refractivity (Wildman–Crippen MR) is 87.0 cm³/mol. The SMILES string of the molecule is CCc1nc(NCCCc2ccco2)c2cc(C)sc2n1. The van der Waals surface area contributed by atoms with Gasteiger partial charge >= 0.3 is 0 Å². The largest absolute Gasteiger partial charge is 0.469 e. The molecule has 0 aliphatic carbocycles. The number of aryl methyl sites for hydroxylation is 3. The Labute approximate surface area is 128 Å². The van der Waals surface area contributed by atoms with Crippen LogP contribution < -0.4 is 5.32 Å². The minimum atomic E-state index is 0.855. The summed E-state index contributed by atoms with van der Waals surface area (Å²) in [5, 5.41) is 4.58. The number of anilines is 1. The Morgan fingerprint density at radius 1 is 1.33 bits per heavy atom. The summed E-state index contributed by atoms with van der Waals surface area (Å²) < 4.78 is 5.34. The molecule has 0 aromatic carbocycles. The molecule has 0 unspecified atom stereocenters. The van der Waals surface area contributed by atoms with E-state index in [0.717, 1.165) is 53.4 Å². The number of furan rings is 1. The van der Waals surface area contributed by atoms with Crippen molar-refractivity contribution in [2.24, 2.45) is 0 Å². The Balaban J connectivity index is 1.70. The zero-order valence-electron chi connectivity index (χ0n) is 12.3. The van der Waals surface area contributed by atoms with Gasteiger partial charge in [-0.3, -0.25) is 0 Å². The lowest BCUT2D eigenvalue weighted by Crippen LogP contribution is -2.06. The van der Waals surface area contributed by atoms with Gasteiger partial charge in [0.05, 0.1) is 11.6 Å². The molecule has 4 nitrogen and oxygen atoms in total. The van der Waals surface area contributed by atoms with E-state index in [9.17, 15) is 0 Å². The van der Waals surface area contributed by atoms with Gasteiger partial charge in [-0.25, -0.2) is 9.97 Å². The molecule has 0 amide bonds. The van der Waals surface area contributed by atoms with Gasteiger partial charge in [-0.2, -0.15) is 0 Å². The molecule has 0 bridgehead atoms. The summed E-state index contributed by atoms with van der Waals surface area (Å²) >= 11 is 1.73. The fourth-order valence-electron chi connectivity index (χ4n) is 2.30. The van der Waals surface area contributed by atoms with Crippen LogP contribution in [0.15, 0.2) is 28.9 Å². The molecule has 0 radical (unpaired) electrons. The minimum Gasteiger partial charge on any atom is -0.469 e. The van der Waals surface area contributed by atoms with Gasteiger partial charge in [-0.1, -0.05) is 6.92 Å². The second-order valence-electron chi connectivity index (χ2n) is 5.03. The minimum absolute atomic E-state index is 0.855. The first kappa shape index (κ1) is 14.1. The third-order valence-electron chi connectivity index (χ3n) is 3.35. The zero-order valence-corrected chi connectivity index (χ0v) is 13.2. The normalized spacial score (nSPS) is 11.1. The highest BCUT2D eigenvalue weighted by atomic mass is 32.1. The highest BCUT2D eigenvalue weighted by Crippen LogP contribution is 2.28. The van der Waals surface area contributed by atoms with E-state index in [1.165, 1.54) is 4.88 Å². The Bertz CT molecular complexity index is 719. The van der Waals surface area contributed by atoms with Crippen LogP contribution in [-0.2, 0) is 12.8 Å². The van der Waals surface area contributed by atoms with Crippen molar-refractivity contribution >= 4 is 27.4 Å². The third-order valence-corrected chi connectivity index (χ3v) is 4.30. The van der Waals surface area contributed by atoms with Crippen LogP contribution in [0, 0.1) is 6.92 Å². The number of hydrogen-bond acceptors (Lipinski definition) is 5. The number of nitrogens with one attached hydrogen (secondary N) is 1. The van der Waals surface area contributed by atoms with Crippen molar-refractivity contribution in [2.45, 2.75) is 33.1 Å². The second-order valence-corrected chi connectivity index (χ2v) is 6.26. The van der Waals surface area contributed by atoms with Crippen molar-refractivity contribution in [1.29, 1.82) is 0 Å². The molecule has 3 heterocycles. The van der Waals surface area contributed by atoms with E-state index in [4.69, 9.17) is 4.42 Å². The number of fused-ring (bicyclic) bond motifs is 1. The lowest BCUT2D eigenvalue weighted by molar-refractivity contribution is 0.504. The molecule has 0 saturated heterocycles. The maximum Gasteiger partial charge on any atom is 0.138 e. The van der Waals surface area contributed by atoms with Crippen LogP contribution in [0.4, 0.5) is 5.82 Å². The van der Waals surface area contributed by atoms with E-state index >= 15 is 0 Å². The molecule has 3 aromatic heterocycles. The van der Waals surface area contributed by atoms with Crippen LogP contribution in [0.5, 0.6) is 0 Å². The quantitative estimate of drug-likeness (QED) is 0.693. The summed E-state index contributed by atoms with van der Waals surface area (Å²) in [7, 11) is 0. The highest BCUT2D eigenvalue weighted by molar-refractivity contribution is 7.18. The van der Waals surface area contributed by atoms with Crippen LogP contribution in [0.25, 0.3) is 10.2 Å². The summed E-state index contributed by atoms with van der Waals surface area (Å²) in [5.74, 6) is 2.89. The van der Waals surface area contributed by atoms with E-state index in [-0.39, 0.29) is 0 Å². The summed E-state index contributed by atoms with van der Waals surface area (Å²) in [6.45, 7) is 5.08. The number of rotatable bonds is 6. The smallest absolute Gasteiger partial charge is 0.138 e. The van der Waals surface area contributed by atoms with Gasteiger partial charge in [0, 0.05) is 24.3 Å². The van der Waals surface area contributed by atoms with Gasteiger partial charge in [0.15, 0.2) is 0 Å². The van der Waals surface area contributed by atoms with Gasteiger partial charge in [-0.05, 0) is 31.5 Å². The van der Waals surface area contributed by atoms with Crippen molar-refractivity contribution in [2.75, 3.05) is 11.9 Å². The molecule has 110 valence electrons. The van der Waals surface area contributed by atoms with Crippen molar-refractivity contribution in [3.63, 3.8) is 0 Å². The Hall–Kier alpha value is -1.88. The van der Waals surface area contributed by atoms with Gasteiger partial charge in [0.1, 0.15) is 22.2 Å². The standard InChI is InChI=1S/C16H19N3OS/c1-3-14-18-15(13-10-11(2)21-16(13)19-14)17-8-4-6-12-7-5-9-20-12/h5,7,9-10H,3-4,6,8H2,1-2H3,(H,17,18,19). The van der Waals surface area contributed by atoms with E-state index in [2.05, 4.69) is 35.2 Å². The Morgan fingerprint density at radius 3 is 3.00 bits per heavy atom. The lowest BCUT2D eigenvalue weighted by atomic mass is 10.2. The number of hydrogen-bond donors (Lipinski definition) is 1. The fraction of sp³-hybridized carbons (Fsp3) is 0.375. The molecule has 3 rings (SSSR count). The van der Waals surface area contributed by atoms with Gasteiger partial charge in [-0.15, -0.1) is 11.3 Å². The molecule has 0 aliphatic rings. The van der Waals surface area contributed by atoms with Crippen LogP contribution >= 0.6 is 11.3 Å². The summed E-state index contributed by atoms with van der Waals surface area (Å²) in [6, 6.07) is 6.10. The van der Waals surface area contributed by atoms with Crippen LogP contribution in [0.1, 0.15) is 29.8 Å². The monoisotopic (exact) mass is 301 g/mol. The van der Waals surface area contributed by atoms with E-state index in [1.54, 1.807) is 17.6 Å². The Kier molecular flexibility index (Phi) is 4.20. The Morgan fingerprint density at radius 2 is 2.24 bits per heavy atom. The highest BCUT2D eigenvalue weighted by Gasteiger charge is 2.09. The lowest BCUT2D eigenvalue weighted by Gasteiger charge is -2.07. The topological polar surface area (TPSA) is 51.0 Å². The maximum atomic E-state index is 5.34. The van der Waals surface area contributed by atoms with E-state index in [0.29, 0.717) is 0 Å². The molecule has 21 heavy (non-hydrogen) atoms. The first-order valence-electron chi connectivity index (χ1n) is 7.29. The number of aromatic nitrogens is 2. The molecule has 0 aliphatic heterocycles. The van der Waals surface area contributed by atoms with Crippen LogP contribution in [0.2, 0.25) is 0 Å². The molecule has 0 fully saturated rings. The van der Waals surface area contributed by atoms with E-state index in [1.807, 2.05) is 12.1 Å². The van der Waals surface area contributed by atoms with Crippen molar-refractivity contribution in [3.05, 3.63) is 40.9 Å². The van der Waals surface area contributed by atoms with Crippen molar-refractivity contribution in [3.8, 4) is 0 Å². The van der Waals surface area contributed by atoms with Gasteiger partial charge in [0.25, 0.3) is 0 Å². The molecule has 0 saturated carbocycles. The summed E-state index contributed by atoms with van der Waals surface area (Å²) in [6.07, 6.45) is 4.54. The van der Waals surface area contributed by atoms with Gasteiger partial charge in [0.2, 0.25) is 0 Å². The predicted octanol–water partition coefficient (Wildman–Crippen LogP) is 4.20. The molecular weight excluding hydrogens is 282 g/mol. The first-order valence-corrected chi connectivity index (χ1v) is 8.11. The zero-order chi connectivity index (χ0) is 14.7. The third kappa shape index (κ3) is 3.24. The maximum absolute atomic E-state index is 5.34. The number of nitrogens with zero attached hydrogens (tertiary/aromatic N) is 2. The fourth-order valence-corrected chi connectivity index (χ4v) is 3.20. The van der Waals surface area contributed by atoms with E-state index < -0.39 is 0 Å². The van der Waals surface area contributed by atoms with Crippen LogP contribution in [-0.4, -0.2) is 16.5 Å². The first-order chi connectivity index (χ1) is 10.3. The molecule has 3 aromatic rings. The molecule has 1 N–H and O–H groups in total. The average molecular weight is 301 g/mol. The van der Waals surface area contributed by atoms with Crippen molar-refractivity contribution in [1.82, 2.24) is 9.97 Å². The summed E-state index contributed by atoms with van der Waals surface area (Å²) in [5.41, 5.74) is 0. The van der Waals surface area contributed by atoms with Crippen molar-refractivity contribution < 1.29 is 4.42 Å². The molecular formula is C16H19N3OS. The summed E-state index contributed by atoms with van der Waals surface area (Å²) in [4.78, 5) is 11.6. The molecule has 5 heteroatoms. The average Bonchev–Trinajstić information content (AvgIpc) is 3.11. The molecule has 0 spiro atoms. The van der Waals surface area contributed by atoms with Gasteiger partial charge < -0.3 is 9.73 Å². The second kappa shape index (κ2) is 6.26. The molecule has 0 atom stereocenters. The van der Waals surface area contributed by atoms with Crippen LogP contribution in [0.3, 0.4) is 0 Å². The number of thiophene rings is 1.